The first kappa shape index (κ1) is 14.3. The quantitative estimate of drug-likeness (QED) is 0.616. The largest absolute Gasteiger partial charge is 0.134 e. The smallest absolute Gasteiger partial charge is 0.0116 e. The van der Waals surface area contributed by atoms with E-state index in [0.717, 1.165) is 5.66 Å². The van der Waals surface area contributed by atoms with Crippen LogP contribution in [0.15, 0.2) is 22.5 Å². The van der Waals surface area contributed by atoms with Crippen LogP contribution in [0.1, 0.15) is 46.5 Å². The molecule has 0 aromatic rings. The van der Waals surface area contributed by atoms with Crippen molar-refractivity contribution in [1.29, 1.82) is 0 Å². The number of rotatable bonds is 3. The highest BCUT2D eigenvalue weighted by Crippen LogP contribution is 2.37. The monoisotopic (exact) mass is 230 g/mol. The second-order valence-corrected chi connectivity index (χ2v) is 5.17. The Morgan fingerprint density at radius 1 is 1.57 bits per heavy atom. The van der Waals surface area contributed by atoms with E-state index in [0.29, 0.717) is 0 Å². The summed E-state index contributed by atoms with van der Waals surface area (Å²) >= 11 is 1.82. The highest BCUT2D eigenvalue weighted by molar-refractivity contribution is 8.05. The van der Waals surface area contributed by atoms with Crippen LogP contribution in [-0.4, -0.2) is 5.66 Å². The maximum absolute atomic E-state index is 3.77. The molecular formula is C12H23PS. The van der Waals surface area contributed by atoms with E-state index in [1.54, 1.807) is 10.5 Å². The van der Waals surface area contributed by atoms with E-state index in [4.69, 9.17) is 0 Å². The van der Waals surface area contributed by atoms with Crippen LogP contribution in [0.25, 0.3) is 0 Å². The van der Waals surface area contributed by atoms with Crippen molar-refractivity contribution in [1.82, 2.24) is 0 Å². The molecule has 0 spiro atoms. The van der Waals surface area contributed by atoms with Crippen molar-refractivity contribution in [3.63, 3.8) is 0 Å². The molecule has 2 atom stereocenters. The van der Waals surface area contributed by atoms with Crippen LogP contribution >= 0.6 is 21.0 Å². The molecule has 1 rings (SSSR count). The number of hydrogen-bond donors (Lipinski definition) is 0. The van der Waals surface area contributed by atoms with Crippen LogP contribution in [-0.2, 0) is 0 Å². The highest BCUT2D eigenvalue weighted by atomic mass is 32.2. The number of hydrogen-bond acceptors (Lipinski definition) is 1. The topological polar surface area (TPSA) is 0 Å². The van der Waals surface area contributed by atoms with Crippen molar-refractivity contribution in [2.45, 2.75) is 52.1 Å². The van der Waals surface area contributed by atoms with Crippen molar-refractivity contribution < 1.29 is 0 Å². The standard InChI is InChI=1S/C10H17PS.C2H6/c1-3-8-7-9(11)5-6-10(8)12-4-2;1-2/h4,9H,2-3,5-7,11H2,1H3;1-2H3. The van der Waals surface area contributed by atoms with Gasteiger partial charge in [0, 0.05) is 0 Å². The number of thioether (sulfide) groups is 1. The van der Waals surface area contributed by atoms with E-state index >= 15 is 0 Å². The summed E-state index contributed by atoms with van der Waals surface area (Å²) < 4.78 is 0. The summed E-state index contributed by atoms with van der Waals surface area (Å²) in [6, 6.07) is 0. The number of allylic oxidation sites excluding steroid dienone is 2. The summed E-state index contributed by atoms with van der Waals surface area (Å²) in [5.41, 5.74) is 2.46. The maximum atomic E-state index is 3.77. The molecule has 1 aliphatic carbocycles. The zero-order chi connectivity index (χ0) is 11.0. The summed E-state index contributed by atoms with van der Waals surface area (Å²) in [6.07, 6.45) is 5.07. The fourth-order valence-electron chi connectivity index (χ4n) is 1.61. The first-order chi connectivity index (χ1) is 6.77. The molecule has 0 bridgehead atoms. The molecule has 0 amide bonds. The van der Waals surface area contributed by atoms with Gasteiger partial charge in [-0.2, -0.15) is 0 Å². The van der Waals surface area contributed by atoms with E-state index in [1.807, 2.05) is 31.0 Å². The van der Waals surface area contributed by atoms with Gasteiger partial charge in [0.25, 0.3) is 0 Å². The van der Waals surface area contributed by atoms with Gasteiger partial charge in [0.05, 0.1) is 0 Å². The molecular weight excluding hydrogens is 207 g/mol. The van der Waals surface area contributed by atoms with Crippen molar-refractivity contribution in [2.24, 2.45) is 0 Å². The van der Waals surface area contributed by atoms with E-state index in [9.17, 15) is 0 Å². The molecule has 0 aromatic carbocycles. The molecule has 82 valence electrons. The normalized spacial score (nSPS) is 21.3. The van der Waals surface area contributed by atoms with Crippen LogP contribution in [0.3, 0.4) is 0 Å². The fourth-order valence-corrected chi connectivity index (χ4v) is 2.89. The van der Waals surface area contributed by atoms with E-state index in [-0.39, 0.29) is 0 Å². The lowest BCUT2D eigenvalue weighted by molar-refractivity contribution is 0.694. The van der Waals surface area contributed by atoms with Gasteiger partial charge in [-0.1, -0.05) is 32.9 Å². The molecule has 1 aliphatic rings. The van der Waals surface area contributed by atoms with E-state index in [2.05, 4.69) is 22.7 Å². The molecule has 2 unspecified atom stereocenters. The minimum atomic E-state index is 0.814. The van der Waals surface area contributed by atoms with Crippen molar-refractivity contribution in [3.8, 4) is 0 Å². The molecule has 0 saturated heterocycles. The molecule has 2 heteroatoms. The lowest BCUT2D eigenvalue weighted by Gasteiger charge is -2.22. The molecule has 0 fully saturated rings. The average molecular weight is 230 g/mol. The zero-order valence-corrected chi connectivity index (χ0v) is 11.6. The summed E-state index contributed by atoms with van der Waals surface area (Å²) in [5, 5.41) is 1.95. The van der Waals surface area contributed by atoms with Gasteiger partial charge in [-0.05, 0) is 41.7 Å². The molecule has 0 heterocycles. The summed E-state index contributed by atoms with van der Waals surface area (Å²) in [4.78, 5) is 1.58. The predicted molar refractivity (Wildman–Crippen MR) is 73.8 cm³/mol. The van der Waals surface area contributed by atoms with E-state index < -0.39 is 0 Å². The first-order valence-electron chi connectivity index (χ1n) is 5.52. The third-order valence-electron chi connectivity index (χ3n) is 2.30. The summed E-state index contributed by atoms with van der Waals surface area (Å²) in [5.74, 6) is 0. The molecule has 0 aliphatic heterocycles. The Kier molecular flexibility index (Phi) is 8.72. The Morgan fingerprint density at radius 2 is 2.21 bits per heavy atom. The van der Waals surface area contributed by atoms with E-state index in [1.165, 1.54) is 25.7 Å². The van der Waals surface area contributed by atoms with Crippen LogP contribution in [0, 0.1) is 0 Å². The lowest BCUT2D eigenvalue weighted by atomic mass is 9.97. The average Bonchev–Trinajstić information content (AvgIpc) is 2.24. The SMILES string of the molecule is C=CSC1=C(CC)CC(P)CC1.CC. The molecule has 0 radical (unpaired) electrons. The Balaban J connectivity index is 0.000000791. The van der Waals surface area contributed by atoms with Gasteiger partial charge in [0.15, 0.2) is 0 Å². The molecule has 0 nitrogen and oxygen atoms in total. The fraction of sp³-hybridized carbons (Fsp3) is 0.667. The molecule has 0 saturated carbocycles. The van der Waals surface area contributed by atoms with Crippen molar-refractivity contribution >= 4 is 21.0 Å². The van der Waals surface area contributed by atoms with Gasteiger partial charge in [-0.25, -0.2) is 0 Å². The Labute approximate surface area is 95.8 Å². The van der Waals surface area contributed by atoms with Crippen molar-refractivity contribution in [3.05, 3.63) is 22.5 Å². The minimum absolute atomic E-state index is 0.814. The maximum Gasteiger partial charge on any atom is -0.0116 e. The van der Waals surface area contributed by atoms with Gasteiger partial charge in [0.2, 0.25) is 0 Å². The summed E-state index contributed by atoms with van der Waals surface area (Å²) in [6.45, 7) is 10.0. The van der Waals surface area contributed by atoms with Gasteiger partial charge in [-0.3, -0.25) is 0 Å². The third kappa shape index (κ3) is 4.66. The second kappa shape index (κ2) is 8.56. The first-order valence-corrected chi connectivity index (χ1v) is 7.06. The van der Waals surface area contributed by atoms with Gasteiger partial charge in [-0.15, -0.1) is 21.0 Å². The van der Waals surface area contributed by atoms with Crippen LogP contribution in [0.2, 0.25) is 0 Å². The lowest BCUT2D eigenvalue weighted by Crippen LogP contribution is -2.07. The molecule has 14 heavy (non-hydrogen) atoms. The second-order valence-electron chi connectivity index (χ2n) is 3.17. The van der Waals surface area contributed by atoms with Gasteiger partial charge >= 0.3 is 0 Å². The molecule has 0 aromatic heterocycles. The van der Waals surface area contributed by atoms with Gasteiger partial charge < -0.3 is 0 Å². The molecule has 0 N–H and O–H groups in total. The Bertz CT molecular complexity index is 196. The Hall–Kier alpha value is 0.260. The van der Waals surface area contributed by atoms with Gasteiger partial charge in [0.1, 0.15) is 0 Å². The van der Waals surface area contributed by atoms with Crippen LogP contribution < -0.4 is 0 Å². The highest BCUT2D eigenvalue weighted by Gasteiger charge is 2.16. The van der Waals surface area contributed by atoms with Crippen LogP contribution in [0.5, 0.6) is 0 Å². The third-order valence-corrected chi connectivity index (χ3v) is 3.81. The Morgan fingerprint density at radius 3 is 2.71 bits per heavy atom. The van der Waals surface area contributed by atoms with Crippen molar-refractivity contribution in [2.75, 3.05) is 0 Å². The zero-order valence-electron chi connectivity index (χ0n) is 9.68. The summed E-state index contributed by atoms with van der Waals surface area (Å²) in [7, 11) is 2.94. The predicted octanol–water partition coefficient (Wildman–Crippen LogP) is 4.98. The van der Waals surface area contributed by atoms with Crippen LogP contribution in [0.4, 0.5) is 0 Å². The minimum Gasteiger partial charge on any atom is -0.134 e.